The number of nitrogens with one attached hydrogen (secondary N) is 1. The van der Waals surface area contributed by atoms with Crippen molar-refractivity contribution in [3.8, 4) is 0 Å². The van der Waals surface area contributed by atoms with Gasteiger partial charge in [-0.3, -0.25) is 14.6 Å². The minimum Gasteiger partial charge on any atom is -0.345 e. The van der Waals surface area contributed by atoms with Crippen molar-refractivity contribution in [2.24, 2.45) is 0 Å². The van der Waals surface area contributed by atoms with Gasteiger partial charge in [-0.1, -0.05) is 29.8 Å². The summed E-state index contributed by atoms with van der Waals surface area (Å²) in [6.07, 6.45) is 5.32. The Labute approximate surface area is 154 Å². The largest absolute Gasteiger partial charge is 0.345 e. The zero-order valence-corrected chi connectivity index (χ0v) is 15.4. The maximum absolute atomic E-state index is 12.6. The monoisotopic (exact) mass is 351 g/mol. The first-order chi connectivity index (χ1) is 12.5. The van der Waals surface area contributed by atoms with Crippen molar-refractivity contribution >= 4 is 11.8 Å². The van der Waals surface area contributed by atoms with Crippen LogP contribution < -0.4 is 5.32 Å². The van der Waals surface area contributed by atoms with Crippen molar-refractivity contribution in [2.45, 2.75) is 39.2 Å². The molecule has 3 rings (SSSR count). The number of benzene rings is 1. The summed E-state index contributed by atoms with van der Waals surface area (Å²) in [6.45, 7) is 5.34. The van der Waals surface area contributed by atoms with Gasteiger partial charge in [-0.15, -0.1) is 0 Å². The molecule has 2 heterocycles. The number of carbonyl (C=O) groups excluding carboxylic acids is 2. The first kappa shape index (κ1) is 18.1. The van der Waals surface area contributed by atoms with E-state index in [1.54, 1.807) is 17.3 Å². The quantitative estimate of drug-likeness (QED) is 0.870. The molecular formula is C21H25N3O2. The van der Waals surface area contributed by atoms with Crippen molar-refractivity contribution < 1.29 is 9.59 Å². The molecule has 0 bridgehead atoms. The van der Waals surface area contributed by atoms with Gasteiger partial charge < -0.3 is 10.2 Å². The van der Waals surface area contributed by atoms with Gasteiger partial charge in [-0.2, -0.15) is 0 Å². The summed E-state index contributed by atoms with van der Waals surface area (Å²) in [5, 5.41) is 3.14. The Bertz CT molecular complexity index is 789. The molecule has 1 atom stereocenters. The number of likely N-dealkylation sites (tertiary alicyclic amines) is 1. The third-order valence-corrected chi connectivity index (χ3v) is 4.85. The highest BCUT2D eigenvalue weighted by Gasteiger charge is 2.22. The van der Waals surface area contributed by atoms with Gasteiger partial charge >= 0.3 is 0 Å². The van der Waals surface area contributed by atoms with Crippen LogP contribution in [0.25, 0.3) is 0 Å². The molecule has 2 amide bonds. The van der Waals surface area contributed by atoms with Gasteiger partial charge in [-0.05, 0) is 43.0 Å². The number of aromatic nitrogens is 1. The molecule has 1 saturated heterocycles. The molecule has 0 radical (unpaired) electrons. The van der Waals surface area contributed by atoms with Crippen LogP contribution in [0.3, 0.4) is 0 Å². The van der Waals surface area contributed by atoms with E-state index in [9.17, 15) is 9.59 Å². The van der Waals surface area contributed by atoms with Gasteiger partial charge in [0, 0.05) is 38.3 Å². The van der Waals surface area contributed by atoms with E-state index in [4.69, 9.17) is 0 Å². The maximum atomic E-state index is 12.6. The summed E-state index contributed by atoms with van der Waals surface area (Å²) in [7, 11) is 0. The lowest BCUT2D eigenvalue weighted by Crippen LogP contribution is -2.34. The van der Waals surface area contributed by atoms with Gasteiger partial charge in [0.25, 0.3) is 0 Å². The number of amides is 2. The lowest BCUT2D eigenvalue weighted by Gasteiger charge is -2.23. The molecule has 0 unspecified atom stereocenters. The average Bonchev–Trinajstić information content (AvgIpc) is 3.06. The van der Waals surface area contributed by atoms with Crippen LogP contribution in [0, 0.1) is 13.8 Å². The number of aryl methyl sites for hydroxylation is 2. The summed E-state index contributed by atoms with van der Waals surface area (Å²) in [4.78, 5) is 30.3. The highest BCUT2D eigenvalue weighted by Crippen LogP contribution is 2.25. The fourth-order valence-electron chi connectivity index (χ4n) is 3.37. The Hall–Kier alpha value is -2.69. The highest BCUT2D eigenvalue weighted by molar-refractivity contribution is 5.80. The maximum Gasteiger partial charge on any atom is 0.222 e. The SMILES string of the molecule is Cc1ccc(C)c([C@H](NC(=O)CCN2CCCC2=O)c2cccnc2)c1. The predicted molar refractivity (Wildman–Crippen MR) is 101 cm³/mol. The second-order valence-electron chi connectivity index (χ2n) is 6.88. The summed E-state index contributed by atoms with van der Waals surface area (Å²) >= 11 is 0. The average molecular weight is 351 g/mol. The van der Waals surface area contributed by atoms with E-state index in [1.165, 1.54) is 0 Å². The number of carbonyl (C=O) groups is 2. The third kappa shape index (κ3) is 4.28. The van der Waals surface area contributed by atoms with Gasteiger partial charge in [0.05, 0.1) is 6.04 Å². The van der Waals surface area contributed by atoms with Gasteiger partial charge in [-0.25, -0.2) is 0 Å². The molecule has 1 aliphatic rings. The number of rotatable bonds is 6. The molecule has 1 fully saturated rings. The predicted octanol–water partition coefficient (Wildman–Crippen LogP) is 2.92. The Morgan fingerprint density at radius 1 is 1.31 bits per heavy atom. The standard InChI is InChI=1S/C21H25N3O2/c1-15-7-8-16(2)18(13-15)21(17-5-3-10-22-14-17)23-19(25)9-12-24-11-4-6-20(24)26/h3,5,7-8,10,13-14,21H,4,6,9,11-12H2,1-2H3,(H,23,25)/t21-/m1/s1. The zero-order chi connectivity index (χ0) is 18.5. The second-order valence-corrected chi connectivity index (χ2v) is 6.88. The van der Waals surface area contributed by atoms with Crippen molar-refractivity contribution in [3.05, 3.63) is 65.0 Å². The Balaban J connectivity index is 1.77. The first-order valence-corrected chi connectivity index (χ1v) is 9.09. The summed E-state index contributed by atoms with van der Waals surface area (Å²) in [5.41, 5.74) is 4.30. The highest BCUT2D eigenvalue weighted by atomic mass is 16.2. The summed E-state index contributed by atoms with van der Waals surface area (Å²) in [5.74, 6) is 0.0931. The van der Waals surface area contributed by atoms with Crippen molar-refractivity contribution in [1.29, 1.82) is 0 Å². The van der Waals surface area contributed by atoms with Crippen LogP contribution in [0.4, 0.5) is 0 Å². The van der Waals surface area contributed by atoms with Crippen LogP contribution in [-0.4, -0.2) is 34.8 Å². The molecule has 5 nitrogen and oxygen atoms in total. The fraction of sp³-hybridized carbons (Fsp3) is 0.381. The number of hydrogen-bond donors (Lipinski definition) is 1. The van der Waals surface area contributed by atoms with E-state index >= 15 is 0 Å². The van der Waals surface area contributed by atoms with E-state index in [0.29, 0.717) is 19.4 Å². The van der Waals surface area contributed by atoms with Gasteiger partial charge in [0.15, 0.2) is 0 Å². The molecule has 0 aliphatic carbocycles. The number of pyridine rings is 1. The second kappa shape index (κ2) is 8.13. The van der Waals surface area contributed by atoms with Crippen LogP contribution in [0.5, 0.6) is 0 Å². The van der Waals surface area contributed by atoms with Gasteiger partial charge in [0.1, 0.15) is 0 Å². The molecule has 0 spiro atoms. The Kier molecular flexibility index (Phi) is 5.66. The molecule has 1 N–H and O–H groups in total. The molecule has 26 heavy (non-hydrogen) atoms. The van der Waals surface area contributed by atoms with E-state index in [2.05, 4.69) is 28.5 Å². The van der Waals surface area contributed by atoms with Crippen LogP contribution in [-0.2, 0) is 9.59 Å². The lowest BCUT2D eigenvalue weighted by molar-refractivity contribution is -0.128. The summed E-state index contributed by atoms with van der Waals surface area (Å²) < 4.78 is 0. The van der Waals surface area contributed by atoms with E-state index in [1.807, 2.05) is 26.0 Å². The third-order valence-electron chi connectivity index (χ3n) is 4.85. The minimum atomic E-state index is -0.245. The summed E-state index contributed by atoms with van der Waals surface area (Å²) in [6, 6.07) is 9.86. The molecule has 0 saturated carbocycles. The topological polar surface area (TPSA) is 62.3 Å². The van der Waals surface area contributed by atoms with Crippen LogP contribution in [0.15, 0.2) is 42.7 Å². The van der Waals surface area contributed by atoms with E-state index in [0.717, 1.165) is 35.2 Å². The molecule has 5 heteroatoms. The van der Waals surface area contributed by atoms with E-state index < -0.39 is 0 Å². The Morgan fingerprint density at radius 3 is 2.85 bits per heavy atom. The van der Waals surface area contributed by atoms with Crippen molar-refractivity contribution in [2.75, 3.05) is 13.1 Å². The minimum absolute atomic E-state index is 0.0561. The molecule has 1 aliphatic heterocycles. The van der Waals surface area contributed by atoms with Crippen LogP contribution in [0.2, 0.25) is 0 Å². The first-order valence-electron chi connectivity index (χ1n) is 9.09. The lowest BCUT2D eigenvalue weighted by atomic mass is 9.94. The van der Waals surface area contributed by atoms with Crippen LogP contribution in [0.1, 0.15) is 47.6 Å². The number of nitrogens with zero attached hydrogens (tertiary/aromatic N) is 2. The normalized spacial score (nSPS) is 15.2. The molecule has 136 valence electrons. The van der Waals surface area contributed by atoms with Gasteiger partial charge in [0.2, 0.25) is 11.8 Å². The molecule has 1 aromatic carbocycles. The van der Waals surface area contributed by atoms with Crippen molar-refractivity contribution in [1.82, 2.24) is 15.2 Å². The van der Waals surface area contributed by atoms with E-state index in [-0.39, 0.29) is 17.9 Å². The molecular weight excluding hydrogens is 326 g/mol. The fourth-order valence-corrected chi connectivity index (χ4v) is 3.37. The number of hydrogen-bond acceptors (Lipinski definition) is 3. The smallest absolute Gasteiger partial charge is 0.222 e. The molecule has 1 aromatic heterocycles. The van der Waals surface area contributed by atoms with Crippen LogP contribution >= 0.6 is 0 Å². The zero-order valence-electron chi connectivity index (χ0n) is 15.4. The molecule has 2 aromatic rings. The van der Waals surface area contributed by atoms with Crippen molar-refractivity contribution in [3.63, 3.8) is 0 Å². The Morgan fingerprint density at radius 2 is 2.15 bits per heavy atom.